The first-order chi connectivity index (χ1) is 9.63. The van der Waals surface area contributed by atoms with E-state index in [0.717, 1.165) is 15.9 Å². The molecule has 0 aromatic heterocycles. The summed E-state index contributed by atoms with van der Waals surface area (Å²) in [6, 6.07) is 9.91. The van der Waals surface area contributed by atoms with Gasteiger partial charge in [0.05, 0.1) is 10.7 Å². The number of nitrogens with one attached hydrogen (secondary N) is 1. The molecule has 1 heterocycles. The van der Waals surface area contributed by atoms with E-state index in [1.807, 2.05) is 12.1 Å². The van der Waals surface area contributed by atoms with Gasteiger partial charge in [-0.15, -0.1) is 0 Å². The van der Waals surface area contributed by atoms with E-state index in [0.29, 0.717) is 17.3 Å². The van der Waals surface area contributed by atoms with E-state index in [2.05, 4.69) is 40.3 Å². The summed E-state index contributed by atoms with van der Waals surface area (Å²) < 4.78 is 11.8. The average molecular weight is 355 g/mol. The van der Waals surface area contributed by atoms with Crippen LogP contribution in [0, 0.1) is 6.92 Å². The Hall–Kier alpha value is -1.39. The van der Waals surface area contributed by atoms with E-state index in [-0.39, 0.29) is 6.79 Å². The Morgan fingerprint density at radius 3 is 2.70 bits per heavy atom. The van der Waals surface area contributed by atoms with E-state index in [9.17, 15) is 0 Å². The fourth-order valence-electron chi connectivity index (χ4n) is 2.07. The maximum atomic E-state index is 6.23. The van der Waals surface area contributed by atoms with Gasteiger partial charge in [-0.2, -0.15) is 0 Å². The summed E-state index contributed by atoms with van der Waals surface area (Å²) in [7, 11) is 0. The molecule has 0 unspecified atom stereocenters. The van der Waals surface area contributed by atoms with Gasteiger partial charge in [-0.05, 0) is 24.1 Å². The first-order valence-electron chi connectivity index (χ1n) is 6.21. The summed E-state index contributed by atoms with van der Waals surface area (Å²) in [6.07, 6.45) is 0. The van der Waals surface area contributed by atoms with Crippen molar-refractivity contribution in [2.75, 3.05) is 12.1 Å². The number of halogens is 2. The summed E-state index contributed by atoms with van der Waals surface area (Å²) in [5.41, 5.74) is 3.25. The van der Waals surface area contributed by atoms with Crippen LogP contribution in [0.3, 0.4) is 0 Å². The second kappa shape index (κ2) is 5.54. The van der Waals surface area contributed by atoms with E-state index in [4.69, 9.17) is 21.1 Å². The third kappa shape index (κ3) is 2.72. The van der Waals surface area contributed by atoms with E-state index in [1.54, 1.807) is 6.07 Å². The molecule has 20 heavy (non-hydrogen) atoms. The van der Waals surface area contributed by atoms with Crippen molar-refractivity contribution < 1.29 is 9.47 Å². The predicted molar refractivity (Wildman–Crippen MR) is 83.8 cm³/mol. The largest absolute Gasteiger partial charge is 0.454 e. The molecule has 0 aliphatic carbocycles. The van der Waals surface area contributed by atoms with Crippen molar-refractivity contribution in [1.29, 1.82) is 0 Å². The van der Waals surface area contributed by atoms with E-state index >= 15 is 0 Å². The Balaban J connectivity index is 1.76. The standard InChI is InChI=1S/C15H13BrClNO2/c1-9-4-10(2-3-11(9)16)7-18-13-6-15-14(5-12(13)17)19-8-20-15/h2-6,18H,7-8H2,1H3. The number of hydrogen-bond donors (Lipinski definition) is 1. The molecule has 1 aliphatic rings. The number of fused-ring (bicyclic) bond motifs is 1. The lowest BCUT2D eigenvalue weighted by molar-refractivity contribution is 0.174. The smallest absolute Gasteiger partial charge is 0.231 e. The molecule has 2 aromatic rings. The first kappa shape index (κ1) is 13.6. The third-order valence-electron chi connectivity index (χ3n) is 3.17. The molecule has 1 aliphatic heterocycles. The Kier molecular flexibility index (Phi) is 3.76. The van der Waals surface area contributed by atoms with Crippen molar-refractivity contribution in [3.05, 3.63) is 51.0 Å². The number of anilines is 1. The number of benzene rings is 2. The molecule has 2 aromatic carbocycles. The van der Waals surface area contributed by atoms with Crippen molar-refractivity contribution in [3.63, 3.8) is 0 Å². The molecule has 0 fully saturated rings. The Bertz CT molecular complexity index is 661. The monoisotopic (exact) mass is 353 g/mol. The van der Waals surface area contributed by atoms with Crippen molar-refractivity contribution in [2.45, 2.75) is 13.5 Å². The van der Waals surface area contributed by atoms with Gasteiger partial charge in [0.25, 0.3) is 0 Å². The summed E-state index contributed by atoms with van der Waals surface area (Å²) in [5.74, 6) is 1.42. The Morgan fingerprint density at radius 1 is 1.20 bits per heavy atom. The van der Waals surface area contributed by atoms with Gasteiger partial charge < -0.3 is 14.8 Å². The fraction of sp³-hybridized carbons (Fsp3) is 0.200. The van der Waals surface area contributed by atoms with E-state index < -0.39 is 0 Å². The molecule has 3 rings (SSSR count). The van der Waals surface area contributed by atoms with Crippen LogP contribution in [0.1, 0.15) is 11.1 Å². The summed E-state index contributed by atoms with van der Waals surface area (Å²) in [6.45, 7) is 3.02. The van der Waals surface area contributed by atoms with Gasteiger partial charge in [-0.25, -0.2) is 0 Å². The second-order valence-electron chi connectivity index (χ2n) is 4.62. The molecule has 1 N–H and O–H groups in total. The van der Waals surface area contributed by atoms with Crippen LogP contribution >= 0.6 is 27.5 Å². The molecular formula is C15H13BrClNO2. The zero-order chi connectivity index (χ0) is 14.1. The van der Waals surface area contributed by atoms with Crippen LogP contribution in [-0.4, -0.2) is 6.79 Å². The Labute approximate surface area is 131 Å². The zero-order valence-electron chi connectivity index (χ0n) is 10.9. The highest BCUT2D eigenvalue weighted by molar-refractivity contribution is 9.10. The quantitative estimate of drug-likeness (QED) is 0.862. The van der Waals surface area contributed by atoms with Crippen LogP contribution in [0.25, 0.3) is 0 Å². The minimum absolute atomic E-state index is 0.251. The number of ether oxygens (including phenoxy) is 2. The topological polar surface area (TPSA) is 30.5 Å². The van der Waals surface area contributed by atoms with Gasteiger partial charge in [0.15, 0.2) is 11.5 Å². The molecule has 0 atom stereocenters. The molecule has 0 saturated heterocycles. The minimum atomic E-state index is 0.251. The minimum Gasteiger partial charge on any atom is -0.454 e. The van der Waals surface area contributed by atoms with Crippen LogP contribution in [0.5, 0.6) is 11.5 Å². The SMILES string of the molecule is Cc1cc(CNc2cc3c(cc2Cl)OCO3)ccc1Br. The second-order valence-corrected chi connectivity index (χ2v) is 5.88. The van der Waals surface area contributed by atoms with Gasteiger partial charge in [0.2, 0.25) is 6.79 Å². The molecule has 0 radical (unpaired) electrons. The molecule has 0 spiro atoms. The summed E-state index contributed by atoms with van der Waals surface area (Å²) >= 11 is 9.72. The maximum Gasteiger partial charge on any atom is 0.231 e. The molecule has 104 valence electrons. The van der Waals surface area contributed by atoms with E-state index in [1.165, 1.54) is 11.1 Å². The average Bonchev–Trinajstić information content (AvgIpc) is 2.87. The zero-order valence-corrected chi connectivity index (χ0v) is 13.2. The fourth-order valence-corrected chi connectivity index (χ4v) is 2.53. The molecule has 0 amide bonds. The maximum absolute atomic E-state index is 6.23. The lowest BCUT2D eigenvalue weighted by Crippen LogP contribution is -2.00. The summed E-state index contributed by atoms with van der Waals surface area (Å²) in [5, 5.41) is 3.95. The van der Waals surface area contributed by atoms with Crippen LogP contribution in [0.4, 0.5) is 5.69 Å². The van der Waals surface area contributed by atoms with Gasteiger partial charge in [0.1, 0.15) is 0 Å². The van der Waals surface area contributed by atoms with Gasteiger partial charge >= 0.3 is 0 Å². The van der Waals surface area contributed by atoms with Crippen LogP contribution < -0.4 is 14.8 Å². The van der Waals surface area contributed by atoms with Crippen molar-refractivity contribution in [3.8, 4) is 11.5 Å². The Morgan fingerprint density at radius 2 is 1.95 bits per heavy atom. The van der Waals surface area contributed by atoms with Gasteiger partial charge in [-0.1, -0.05) is 39.7 Å². The highest BCUT2D eigenvalue weighted by atomic mass is 79.9. The predicted octanol–water partition coefficient (Wildman–Crippen LogP) is 4.75. The number of rotatable bonds is 3. The molecule has 0 bridgehead atoms. The van der Waals surface area contributed by atoms with Crippen LogP contribution in [-0.2, 0) is 6.54 Å². The molecular weight excluding hydrogens is 342 g/mol. The van der Waals surface area contributed by atoms with Crippen molar-refractivity contribution in [1.82, 2.24) is 0 Å². The number of aryl methyl sites for hydroxylation is 1. The summed E-state index contributed by atoms with van der Waals surface area (Å²) in [4.78, 5) is 0. The van der Waals surface area contributed by atoms with Crippen LogP contribution in [0.2, 0.25) is 5.02 Å². The van der Waals surface area contributed by atoms with Gasteiger partial charge in [-0.3, -0.25) is 0 Å². The lowest BCUT2D eigenvalue weighted by Gasteiger charge is -2.10. The molecule has 3 nitrogen and oxygen atoms in total. The van der Waals surface area contributed by atoms with Crippen molar-refractivity contribution >= 4 is 33.2 Å². The molecule has 0 saturated carbocycles. The first-order valence-corrected chi connectivity index (χ1v) is 7.38. The highest BCUT2D eigenvalue weighted by Crippen LogP contribution is 2.39. The van der Waals surface area contributed by atoms with Crippen LogP contribution in [0.15, 0.2) is 34.8 Å². The highest BCUT2D eigenvalue weighted by Gasteiger charge is 2.16. The normalized spacial score (nSPS) is 12.6. The number of hydrogen-bond acceptors (Lipinski definition) is 3. The lowest BCUT2D eigenvalue weighted by atomic mass is 10.1. The molecule has 5 heteroatoms. The van der Waals surface area contributed by atoms with Gasteiger partial charge in [0, 0.05) is 23.2 Å². The third-order valence-corrected chi connectivity index (χ3v) is 4.37. The van der Waals surface area contributed by atoms with Crippen molar-refractivity contribution in [2.24, 2.45) is 0 Å².